The fraction of sp³-hybridized carbons (Fsp3) is 0.375. The zero-order valence-corrected chi connectivity index (χ0v) is 13.1. The van der Waals surface area contributed by atoms with Crippen molar-refractivity contribution in [3.05, 3.63) is 51.9 Å². The van der Waals surface area contributed by atoms with Crippen molar-refractivity contribution in [2.24, 2.45) is 0 Å². The third-order valence-corrected chi connectivity index (χ3v) is 4.13. The minimum Gasteiger partial charge on any atom is -0.388 e. The summed E-state index contributed by atoms with van der Waals surface area (Å²) in [7, 11) is 0. The van der Waals surface area contributed by atoms with Gasteiger partial charge >= 0.3 is 0 Å². The topological polar surface area (TPSA) is 66.0 Å². The molecule has 0 amide bonds. The first-order valence-corrected chi connectivity index (χ1v) is 8.00. The number of aromatic amines is 1. The molecular weight excluding hydrogens is 284 g/mol. The first-order chi connectivity index (χ1) is 10.1. The highest BCUT2D eigenvalue weighted by atomic mass is 32.2. The summed E-state index contributed by atoms with van der Waals surface area (Å²) in [6, 6.07) is 9.21. The Hall–Kier alpha value is -1.59. The zero-order chi connectivity index (χ0) is 15.2. The number of H-pyrrole nitrogens is 1. The molecule has 0 radical (unpaired) electrons. The molecule has 0 aliphatic carbocycles. The molecule has 2 N–H and O–H groups in total. The van der Waals surface area contributed by atoms with E-state index in [1.165, 1.54) is 11.8 Å². The lowest BCUT2D eigenvalue weighted by atomic mass is 10.1. The molecule has 0 bridgehead atoms. The van der Waals surface area contributed by atoms with E-state index in [9.17, 15) is 9.90 Å². The lowest BCUT2D eigenvalue weighted by molar-refractivity contribution is 0.171. The summed E-state index contributed by atoms with van der Waals surface area (Å²) in [4.78, 5) is 19.8. The summed E-state index contributed by atoms with van der Waals surface area (Å²) in [6.07, 6.45) is 1.89. The van der Waals surface area contributed by atoms with Crippen LogP contribution in [0.3, 0.4) is 0 Å². The van der Waals surface area contributed by atoms with Gasteiger partial charge in [0.25, 0.3) is 5.56 Å². The molecule has 0 aliphatic rings. The second-order valence-electron chi connectivity index (χ2n) is 4.86. The van der Waals surface area contributed by atoms with Gasteiger partial charge in [0.1, 0.15) is 0 Å². The molecule has 2 aromatic rings. The second-order valence-corrected chi connectivity index (χ2v) is 5.89. The monoisotopic (exact) mass is 304 g/mol. The van der Waals surface area contributed by atoms with Crippen LogP contribution < -0.4 is 5.56 Å². The average molecular weight is 304 g/mol. The van der Waals surface area contributed by atoms with Gasteiger partial charge in [-0.15, -0.1) is 0 Å². The van der Waals surface area contributed by atoms with Crippen LogP contribution in [-0.2, 0) is 6.42 Å². The maximum absolute atomic E-state index is 11.7. The fourth-order valence-electron chi connectivity index (χ4n) is 2.09. The standard InChI is InChI=1S/C16H20N2O2S/c1-3-7-11-10-15(20)18-16(17-11)21-14-9-6-5-8-12(14)13(19)4-2/h5-6,8-10,13,19H,3-4,7H2,1-2H3,(H,17,18,20)/t13-/m1/s1. The second kappa shape index (κ2) is 7.43. The number of benzene rings is 1. The first-order valence-electron chi connectivity index (χ1n) is 7.19. The Labute approximate surface area is 128 Å². The van der Waals surface area contributed by atoms with Crippen molar-refractivity contribution in [3.63, 3.8) is 0 Å². The summed E-state index contributed by atoms with van der Waals surface area (Å²) in [5, 5.41) is 10.6. The van der Waals surface area contributed by atoms with Crippen LogP contribution in [0.25, 0.3) is 0 Å². The van der Waals surface area contributed by atoms with E-state index in [1.54, 1.807) is 6.07 Å². The highest BCUT2D eigenvalue weighted by molar-refractivity contribution is 7.99. The SMILES string of the molecule is CCCc1cc(=O)[nH]c(Sc2ccccc2[C@H](O)CC)n1. The predicted molar refractivity (Wildman–Crippen MR) is 84.7 cm³/mol. The van der Waals surface area contributed by atoms with Gasteiger partial charge in [-0.1, -0.05) is 50.2 Å². The highest BCUT2D eigenvalue weighted by Gasteiger charge is 2.12. The number of hydrogen-bond acceptors (Lipinski definition) is 4. The summed E-state index contributed by atoms with van der Waals surface area (Å²) >= 11 is 1.39. The van der Waals surface area contributed by atoms with Crippen LogP contribution in [0.2, 0.25) is 0 Å². The molecule has 0 unspecified atom stereocenters. The van der Waals surface area contributed by atoms with Gasteiger partial charge in [0.2, 0.25) is 0 Å². The molecule has 0 spiro atoms. The lowest BCUT2D eigenvalue weighted by Crippen LogP contribution is -2.10. The number of nitrogens with one attached hydrogen (secondary N) is 1. The van der Waals surface area contributed by atoms with E-state index in [2.05, 4.69) is 16.9 Å². The number of hydrogen-bond donors (Lipinski definition) is 2. The Morgan fingerprint density at radius 2 is 2.10 bits per heavy atom. The van der Waals surface area contributed by atoms with E-state index in [0.717, 1.165) is 29.0 Å². The summed E-state index contributed by atoms with van der Waals surface area (Å²) in [6.45, 7) is 4.00. The van der Waals surface area contributed by atoms with Gasteiger partial charge in [-0.25, -0.2) is 4.98 Å². The predicted octanol–water partition coefficient (Wildman–Crippen LogP) is 3.32. The molecule has 1 aromatic heterocycles. The van der Waals surface area contributed by atoms with Gasteiger partial charge in [-0.05, 0) is 24.5 Å². The van der Waals surface area contributed by atoms with Gasteiger partial charge in [0.15, 0.2) is 5.16 Å². The molecule has 21 heavy (non-hydrogen) atoms. The number of rotatable bonds is 6. The van der Waals surface area contributed by atoms with Crippen LogP contribution in [-0.4, -0.2) is 15.1 Å². The van der Waals surface area contributed by atoms with Gasteiger partial charge in [0, 0.05) is 16.7 Å². The maximum Gasteiger partial charge on any atom is 0.251 e. The molecule has 0 fully saturated rings. The van der Waals surface area contributed by atoms with Crippen molar-refractivity contribution in [1.29, 1.82) is 0 Å². The highest BCUT2D eigenvalue weighted by Crippen LogP contribution is 2.32. The fourth-order valence-corrected chi connectivity index (χ4v) is 3.08. The minimum atomic E-state index is -0.501. The van der Waals surface area contributed by atoms with E-state index < -0.39 is 6.10 Å². The zero-order valence-electron chi connectivity index (χ0n) is 12.3. The number of aliphatic hydroxyl groups is 1. The molecule has 112 valence electrons. The van der Waals surface area contributed by atoms with Crippen molar-refractivity contribution < 1.29 is 5.11 Å². The molecule has 1 aromatic carbocycles. The van der Waals surface area contributed by atoms with Crippen LogP contribution in [0.5, 0.6) is 0 Å². The molecule has 5 heteroatoms. The number of nitrogens with zero attached hydrogens (tertiary/aromatic N) is 1. The van der Waals surface area contributed by atoms with Crippen molar-refractivity contribution in [1.82, 2.24) is 9.97 Å². The molecular formula is C16H20N2O2S. The van der Waals surface area contributed by atoms with Crippen LogP contribution in [0.15, 0.2) is 45.2 Å². The van der Waals surface area contributed by atoms with Gasteiger partial charge in [-0.2, -0.15) is 0 Å². The number of aliphatic hydroxyl groups excluding tert-OH is 1. The summed E-state index contributed by atoms with van der Waals surface area (Å²) < 4.78 is 0. The Balaban J connectivity index is 2.32. The average Bonchev–Trinajstić information content (AvgIpc) is 2.47. The van der Waals surface area contributed by atoms with Crippen molar-refractivity contribution in [2.45, 2.75) is 49.3 Å². The molecule has 2 rings (SSSR count). The lowest BCUT2D eigenvalue weighted by Gasteiger charge is -2.13. The van der Waals surface area contributed by atoms with E-state index in [-0.39, 0.29) is 5.56 Å². The van der Waals surface area contributed by atoms with Crippen molar-refractivity contribution >= 4 is 11.8 Å². The molecule has 0 aliphatic heterocycles. The molecule has 1 atom stereocenters. The molecule has 4 nitrogen and oxygen atoms in total. The first kappa shape index (κ1) is 15.8. The quantitative estimate of drug-likeness (QED) is 0.804. The van der Waals surface area contributed by atoms with Crippen LogP contribution in [0.4, 0.5) is 0 Å². The third-order valence-electron chi connectivity index (χ3n) is 3.15. The van der Waals surface area contributed by atoms with E-state index in [1.807, 2.05) is 31.2 Å². The smallest absolute Gasteiger partial charge is 0.251 e. The van der Waals surface area contributed by atoms with Crippen molar-refractivity contribution in [2.75, 3.05) is 0 Å². The number of aryl methyl sites for hydroxylation is 1. The third kappa shape index (κ3) is 4.19. The Bertz CT molecular complexity index is 655. The summed E-state index contributed by atoms with van der Waals surface area (Å²) in [5.74, 6) is 0. The number of aromatic nitrogens is 2. The summed E-state index contributed by atoms with van der Waals surface area (Å²) in [5.41, 5.74) is 1.54. The van der Waals surface area contributed by atoms with Crippen LogP contribution >= 0.6 is 11.8 Å². The molecule has 0 saturated carbocycles. The van der Waals surface area contributed by atoms with E-state index in [4.69, 9.17) is 0 Å². The van der Waals surface area contributed by atoms with Crippen LogP contribution in [0.1, 0.15) is 44.1 Å². The largest absolute Gasteiger partial charge is 0.388 e. The Kier molecular flexibility index (Phi) is 5.59. The van der Waals surface area contributed by atoms with Crippen LogP contribution in [0, 0.1) is 0 Å². The molecule has 1 heterocycles. The van der Waals surface area contributed by atoms with Gasteiger partial charge in [-0.3, -0.25) is 4.79 Å². The van der Waals surface area contributed by atoms with Gasteiger partial charge in [0.05, 0.1) is 6.10 Å². The van der Waals surface area contributed by atoms with Gasteiger partial charge < -0.3 is 10.1 Å². The van der Waals surface area contributed by atoms with Crippen molar-refractivity contribution in [3.8, 4) is 0 Å². The Morgan fingerprint density at radius 3 is 2.81 bits per heavy atom. The maximum atomic E-state index is 11.7. The normalized spacial score (nSPS) is 12.3. The minimum absolute atomic E-state index is 0.135. The van der Waals surface area contributed by atoms with E-state index in [0.29, 0.717) is 11.6 Å². The Morgan fingerprint density at radius 1 is 1.33 bits per heavy atom. The molecule has 0 saturated heterocycles. The van der Waals surface area contributed by atoms with E-state index >= 15 is 0 Å².